The number of fused-ring (bicyclic) bond motifs is 2. The largest absolute Gasteiger partial charge is 0.462 e. The number of hydrogen-bond acceptors (Lipinski definition) is 5. The number of esters is 2. The predicted octanol–water partition coefficient (Wildman–Crippen LogP) is 3.01. The molecule has 27 heavy (non-hydrogen) atoms. The molecule has 0 unspecified atom stereocenters. The van der Waals surface area contributed by atoms with Gasteiger partial charge in [0.25, 0.3) is 0 Å². The van der Waals surface area contributed by atoms with E-state index in [1.54, 1.807) is 0 Å². The molecule has 5 fully saturated rings. The minimum Gasteiger partial charge on any atom is -0.462 e. The van der Waals surface area contributed by atoms with E-state index in [1.165, 1.54) is 19.3 Å². The van der Waals surface area contributed by atoms with E-state index in [9.17, 15) is 9.59 Å². The summed E-state index contributed by atoms with van der Waals surface area (Å²) in [5, 5.41) is 0. The van der Waals surface area contributed by atoms with Crippen LogP contribution in [0.2, 0.25) is 0 Å². The van der Waals surface area contributed by atoms with Crippen molar-refractivity contribution in [2.75, 3.05) is 6.54 Å². The van der Waals surface area contributed by atoms with Crippen molar-refractivity contribution < 1.29 is 19.1 Å². The van der Waals surface area contributed by atoms with Gasteiger partial charge in [-0.1, -0.05) is 27.2 Å². The van der Waals surface area contributed by atoms with Gasteiger partial charge in [0.15, 0.2) is 0 Å². The van der Waals surface area contributed by atoms with E-state index in [0.717, 1.165) is 25.8 Å². The van der Waals surface area contributed by atoms with Crippen molar-refractivity contribution in [1.29, 1.82) is 0 Å². The molecule has 10 atom stereocenters. The lowest BCUT2D eigenvalue weighted by molar-refractivity contribution is -0.148. The lowest BCUT2D eigenvalue weighted by Crippen LogP contribution is -2.54. The number of carbonyl (C=O) groups excluding carboxylic acids is 2. The smallest absolute Gasteiger partial charge is 0.309 e. The predicted molar refractivity (Wildman–Crippen MR) is 99.7 cm³/mol. The first kappa shape index (κ1) is 18.0. The Kier molecular flexibility index (Phi) is 4.30. The van der Waals surface area contributed by atoms with Crippen LogP contribution in [0.25, 0.3) is 0 Å². The maximum atomic E-state index is 12.5. The molecule has 0 radical (unpaired) electrons. The fourth-order valence-electron chi connectivity index (χ4n) is 7.48. The molecular formula is C22H33NO4. The molecule has 5 heteroatoms. The van der Waals surface area contributed by atoms with Crippen molar-refractivity contribution in [3.05, 3.63) is 0 Å². The lowest BCUT2D eigenvalue weighted by Gasteiger charge is -2.48. The van der Waals surface area contributed by atoms with Gasteiger partial charge in [0.05, 0.1) is 11.8 Å². The molecule has 0 amide bonds. The van der Waals surface area contributed by atoms with E-state index in [-0.39, 0.29) is 36.0 Å². The third-order valence-corrected chi connectivity index (χ3v) is 8.61. The van der Waals surface area contributed by atoms with Gasteiger partial charge in [0, 0.05) is 23.9 Å². The number of rotatable bonds is 2. The fourth-order valence-corrected chi connectivity index (χ4v) is 7.48. The second-order valence-corrected chi connectivity index (χ2v) is 9.81. The number of hydrogen-bond donors (Lipinski definition) is 0. The van der Waals surface area contributed by atoms with Crippen LogP contribution in [0, 0.1) is 35.5 Å². The molecule has 0 N–H and O–H groups in total. The van der Waals surface area contributed by atoms with Gasteiger partial charge in [-0.05, 0) is 50.5 Å². The Balaban J connectivity index is 1.51. The Morgan fingerprint density at radius 1 is 1.04 bits per heavy atom. The van der Waals surface area contributed by atoms with Crippen LogP contribution in [0.5, 0.6) is 0 Å². The minimum atomic E-state index is -0.0294. The molecule has 150 valence electrons. The van der Waals surface area contributed by atoms with E-state index in [4.69, 9.17) is 9.47 Å². The molecule has 0 bridgehead atoms. The maximum Gasteiger partial charge on any atom is 0.309 e. The van der Waals surface area contributed by atoms with Crippen LogP contribution in [-0.2, 0) is 19.1 Å². The van der Waals surface area contributed by atoms with Gasteiger partial charge in [-0.2, -0.15) is 0 Å². The molecule has 5 nitrogen and oxygen atoms in total. The van der Waals surface area contributed by atoms with Crippen molar-refractivity contribution in [3.8, 4) is 0 Å². The summed E-state index contributed by atoms with van der Waals surface area (Å²) in [6.45, 7) is 7.44. The molecular weight excluding hydrogens is 342 g/mol. The van der Waals surface area contributed by atoms with Crippen LogP contribution >= 0.6 is 0 Å². The van der Waals surface area contributed by atoms with Crippen molar-refractivity contribution >= 4 is 11.9 Å². The minimum absolute atomic E-state index is 0.00362. The number of nitrogens with zero attached hydrogens (tertiary/aromatic N) is 1. The Labute approximate surface area is 162 Å². The van der Waals surface area contributed by atoms with Gasteiger partial charge in [0.2, 0.25) is 0 Å². The summed E-state index contributed by atoms with van der Waals surface area (Å²) < 4.78 is 11.8. The van der Waals surface area contributed by atoms with Crippen molar-refractivity contribution in [2.45, 2.75) is 83.6 Å². The van der Waals surface area contributed by atoms with E-state index in [2.05, 4.69) is 18.7 Å². The van der Waals surface area contributed by atoms with Crippen LogP contribution in [0.15, 0.2) is 0 Å². The van der Waals surface area contributed by atoms with Crippen LogP contribution in [0.1, 0.15) is 59.3 Å². The zero-order valence-electron chi connectivity index (χ0n) is 16.8. The van der Waals surface area contributed by atoms with Crippen molar-refractivity contribution in [3.63, 3.8) is 0 Å². The first-order chi connectivity index (χ1) is 13.0. The third-order valence-electron chi connectivity index (χ3n) is 8.61. The standard InChI is InChI=1S/C22H33NO4/c1-4-13-14-7-5-6-8-23-16(17-9-11(2)21(24)26-17)10-15(19(14)23)18-12(3)22(25)27-20(13)18/h11-20H,4-10H2,1-3H3/t11-,12+,13+,14+,15-,16-,17-,18-,19-,20+/m0/s1. The molecule has 1 saturated carbocycles. The number of ether oxygens (including phenoxy) is 2. The van der Waals surface area contributed by atoms with E-state index in [1.807, 2.05) is 6.92 Å². The topological polar surface area (TPSA) is 55.8 Å². The summed E-state index contributed by atoms with van der Waals surface area (Å²) in [6.07, 6.45) is 6.87. The molecule has 4 aliphatic heterocycles. The Morgan fingerprint density at radius 3 is 2.56 bits per heavy atom. The highest BCUT2D eigenvalue weighted by atomic mass is 16.6. The summed E-state index contributed by atoms with van der Waals surface area (Å²) in [6, 6.07) is 0.865. The second-order valence-electron chi connectivity index (χ2n) is 9.81. The summed E-state index contributed by atoms with van der Waals surface area (Å²) >= 11 is 0. The molecule has 5 rings (SSSR count). The van der Waals surface area contributed by atoms with Gasteiger partial charge in [0.1, 0.15) is 12.2 Å². The van der Waals surface area contributed by atoms with Crippen molar-refractivity contribution in [2.24, 2.45) is 35.5 Å². The van der Waals surface area contributed by atoms with Gasteiger partial charge in [-0.3, -0.25) is 14.5 Å². The Morgan fingerprint density at radius 2 is 1.85 bits per heavy atom. The molecule has 0 aromatic carbocycles. The van der Waals surface area contributed by atoms with E-state index < -0.39 is 0 Å². The van der Waals surface area contributed by atoms with Gasteiger partial charge in [-0.25, -0.2) is 0 Å². The van der Waals surface area contributed by atoms with Crippen LogP contribution in [0.4, 0.5) is 0 Å². The first-order valence-corrected chi connectivity index (χ1v) is 11.2. The highest BCUT2D eigenvalue weighted by Crippen LogP contribution is 2.57. The number of cyclic esters (lactones) is 1. The zero-order valence-corrected chi connectivity index (χ0v) is 16.8. The molecule has 0 spiro atoms. The second kappa shape index (κ2) is 6.47. The third kappa shape index (κ3) is 2.53. The van der Waals surface area contributed by atoms with Crippen LogP contribution in [0.3, 0.4) is 0 Å². The zero-order chi connectivity index (χ0) is 18.9. The summed E-state index contributed by atoms with van der Waals surface area (Å²) in [4.78, 5) is 27.3. The Bertz CT molecular complexity index is 636. The molecule has 0 aromatic rings. The monoisotopic (exact) mass is 375 g/mol. The summed E-state index contributed by atoms with van der Waals surface area (Å²) in [5.74, 6) is 1.94. The average molecular weight is 376 g/mol. The molecule has 4 heterocycles. The maximum absolute atomic E-state index is 12.5. The molecule has 1 aliphatic carbocycles. The SMILES string of the molecule is CC[C@@H]1[C@H]2CCCCN3[C@@H]2[C@@H](C[C@H]3[C@@H]2C[C@H](C)C(=O)O2)[C@H]2[C@@H]1OC(=O)[C@@H]2C. The molecule has 4 saturated heterocycles. The first-order valence-electron chi connectivity index (χ1n) is 11.2. The lowest BCUT2D eigenvalue weighted by atomic mass is 9.60. The summed E-state index contributed by atoms with van der Waals surface area (Å²) in [7, 11) is 0. The van der Waals surface area contributed by atoms with E-state index >= 15 is 0 Å². The highest BCUT2D eigenvalue weighted by Gasteiger charge is 2.63. The quantitative estimate of drug-likeness (QED) is 0.695. The molecule has 0 aromatic heterocycles. The summed E-state index contributed by atoms with van der Waals surface area (Å²) in [5.41, 5.74) is 0. The van der Waals surface area contributed by atoms with Gasteiger partial charge < -0.3 is 9.47 Å². The van der Waals surface area contributed by atoms with Gasteiger partial charge in [-0.15, -0.1) is 0 Å². The van der Waals surface area contributed by atoms with Crippen molar-refractivity contribution in [1.82, 2.24) is 4.90 Å². The van der Waals surface area contributed by atoms with Crippen LogP contribution < -0.4 is 0 Å². The molecule has 5 aliphatic rings. The Hall–Kier alpha value is -1.10. The number of carbonyl (C=O) groups is 2. The van der Waals surface area contributed by atoms with Gasteiger partial charge >= 0.3 is 11.9 Å². The van der Waals surface area contributed by atoms with Crippen LogP contribution in [-0.4, -0.2) is 47.7 Å². The normalized spacial score (nSPS) is 52.1. The highest BCUT2D eigenvalue weighted by molar-refractivity contribution is 5.75. The average Bonchev–Trinajstić information content (AvgIpc) is 3.20. The van der Waals surface area contributed by atoms with E-state index in [0.29, 0.717) is 35.8 Å². The fraction of sp³-hybridized carbons (Fsp3) is 0.909.